The number of amides is 2. The maximum atomic E-state index is 12.3. The number of carbonyl (C=O) groups excluding carboxylic acids is 2. The van der Waals surface area contributed by atoms with Crippen molar-refractivity contribution in [1.29, 1.82) is 0 Å². The van der Waals surface area contributed by atoms with Crippen LogP contribution >= 0.6 is 0 Å². The number of hydrogen-bond donors (Lipinski definition) is 3. The number of methoxy groups -OCH3 is 1. The molecule has 0 aromatic heterocycles. The largest absolute Gasteiger partial charge is 0.481 e. The fourth-order valence-electron chi connectivity index (χ4n) is 3.40. The van der Waals surface area contributed by atoms with Crippen LogP contribution in [0.15, 0.2) is 0 Å². The summed E-state index contributed by atoms with van der Waals surface area (Å²) in [5, 5.41) is 14.4. The van der Waals surface area contributed by atoms with Crippen LogP contribution < -0.4 is 10.6 Å². The minimum atomic E-state index is -1.11. The molecule has 11 heteroatoms. The standard InChI is InChI=1S/C19H32N2O9/c1-18(2,3)30-17(25)20-8-7-11(22)21-10(9-12(23)24)13-14(26-6)15-16(27-13)29-19(4,5)28-15/h10,13-16H,7-9H2,1-6H3,(H,20,25)(H,21,22)(H,23,24)/t10-,13+,14-,15+,16+/m0/s1. The number of carbonyl (C=O) groups is 3. The summed E-state index contributed by atoms with van der Waals surface area (Å²) in [6.07, 6.45) is -3.75. The second-order valence-electron chi connectivity index (χ2n) is 8.72. The molecule has 2 aliphatic heterocycles. The van der Waals surface area contributed by atoms with Crippen molar-refractivity contribution in [2.24, 2.45) is 0 Å². The van der Waals surface area contributed by atoms with Gasteiger partial charge < -0.3 is 39.4 Å². The van der Waals surface area contributed by atoms with Crippen LogP contribution in [0, 0.1) is 0 Å². The minimum Gasteiger partial charge on any atom is -0.481 e. The smallest absolute Gasteiger partial charge is 0.407 e. The maximum absolute atomic E-state index is 12.3. The highest BCUT2D eigenvalue weighted by atomic mass is 16.8. The van der Waals surface area contributed by atoms with Crippen molar-refractivity contribution in [1.82, 2.24) is 10.6 Å². The van der Waals surface area contributed by atoms with Crippen LogP contribution in [0.2, 0.25) is 0 Å². The van der Waals surface area contributed by atoms with Crippen LogP contribution in [0.5, 0.6) is 0 Å². The van der Waals surface area contributed by atoms with Crippen molar-refractivity contribution in [2.45, 2.75) is 89.5 Å². The Hall–Kier alpha value is -1.95. The van der Waals surface area contributed by atoms with Gasteiger partial charge in [0.05, 0.1) is 12.5 Å². The number of aliphatic carboxylic acids is 1. The molecule has 0 aromatic rings. The van der Waals surface area contributed by atoms with E-state index in [-0.39, 0.29) is 19.4 Å². The topological polar surface area (TPSA) is 142 Å². The van der Waals surface area contributed by atoms with Gasteiger partial charge in [0.25, 0.3) is 0 Å². The summed E-state index contributed by atoms with van der Waals surface area (Å²) in [7, 11) is 1.46. The van der Waals surface area contributed by atoms with Gasteiger partial charge in [-0.15, -0.1) is 0 Å². The van der Waals surface area contributed by atoms with Gasteiger partial charge in [0.2, 0.25) is 5.91 Å². The van der Waals surface area contributed by atoms with Crippen molar-refractivity contribution in [3.8, 4) is 0 Å². The van der Waals surface area contributed by atoms with Crippen LogP contribution in [0.25, 0.3) is 0 Å². The molecule has 0 spiro atoms. The van der Waals surface area contributed by atoms with Gasteiger partial charge in [-0.1, -0.05) is 0 Å². The molecule has 0 radical (unpaired) electrons. The first kappa shape index (κ1) is 24.3. The molecule has 0 bridgehead atoms. The Labute approximate surface area is 175 Å². The summed E-state index contributed by atoms with van der Waals surface area (Å²) in [5.41, 5.74) is -0.648. The Morgan fingerprint density at radius 2 is 1.87 bits per heavy atom. The number of carboxylic acids is 1. The average molecular weight is 432 g/mol. The summed E-state index contributed by atoms with van der Waals surface area (Å²) in [6, 6.07) is -0.873. The van der Waals surface area contributed by atoms with E-state index in [2.05, 4.69) is 10.6 Å². The van der Waals surface area contributed by atoms with Crippen molar-refractivity contribution >= 4 is 18.0 Å². The molecule has 0 saturated carbocycles. The van der Waals surface area contributed by atoms with Gasteiger partial charge >= 0.3 is 12.1 Å². The monoisotopic (exact) mass is 432 g/mol. The molecule has 30 heavy (non-hydrogen) atoms. The summed E-state index contributed by atoms with van der Waals surface area (Å²) < 4.78 is 27.9. The molecule has 11 nitrogen and oxygen atoms in total. The molecule has 2 aliphatic rings. The first-order valence-corrected chi connectivity index (χ1v) is 9.83. The number of fused-ring (bicyclic) bond motifs is 1. The molecule has 0 aliphatic carbocycles. The molecule has 172 valence electrons. The van der Waals surface area contributed by atoms with Gasteiger partial charge in [0.1, 0.15) is 23.9 Å². The lowest BCUT2D eigenvalue weighted by molar-refractivity contribution is -0.220. The maximum Gasteiger partial charge on any atom is 0.407 e. The summed E-state index contributed by atoms with van der Waals surface area (Å²) in [6.45, 7) is 8.70. The molecular weight excluding hydrogens is 400 g/mol. The van der Waals surface area contributed by atoms with Gasteiger partial charge in [-0.05, 0) is 34.6 Å². The lowest BCUT2D eigenvalue weighted by Crippen LogP contribution is -2.51. The highest BCUT2D eigenvalue weighted by Gasteiger charge is 2.57. The van der Waals surface area contributed by atoms with Crippen LogP contribution in [0.4, 0.5) is 4.79 Å². The van der Waals surface area contributed by atoms with E-state index in [0.29, 0.717) is 0 Å². The van der Waals surface area contributed by atoms with Crippen molar-refractivity contribution in [2.75, 3.05) is 13.7 Å². The fraction of sp³-hybridized carbons (Fsp3) is 0.842. The summed E-state index contributed by atoms with van der Waals surface area (Å²) in [5.74, 6) is -2.41. The van der Waals surface area contributed by atoms with Crippen LogP contribution in [0.3, 0.4) is 0 Å². The Bertz CT molecular complexity index is 646. The van der Waals surface area contributed by atoms with Crippen molar-refractivity contribution < 1.29 is 43.2 Å². The molecular formula is C19H32N2O9. The molecule has 2 saturated heterocycles. The first-order chi connectivity index (χ1) is 13.8. The third-order valence-electron chi connectivity index (χ3n) is 4.46. The lowest BCUT2D eigenvalue weighted by Gasteiger charge is -2.30. The molecule has 0 aromatic carbocycles. The van der Waals surface area contributed by atoms with Gasteiger partial charge in [-0.25, -0.2) is 4.79 Å². The second kappa shape index (κ2) is 9.46. The predicted octanol–water partition coefficient (Wildman–Crippen LogP) is 0.752. The molecule has 2 heterocycles. The van der Waals surface area contributed by atoms with E-state index in [1.54, 1.807) is 34.6 Å². The van der Waals surface area contributed by atoms with Gasteiger partial charge in [-0.2, -0.15) is 0 Å². The average Bonchev–Trinajstić information content (AvgIpc) is 3.03. The summed E-state index contributed by atoms with van der Waals surface area (Å²) >= 11 is 0. The third-order valence-corrected chi connectivity index (χ3v) is 4.46. The molecule has 2 rings (SSSR count). The number of ether oxygens (including phenoxy) is 5. The van der Waals surface area contributed by atoms with E-state index in [1.165, 1.54) is 7.11 Å². The molecule has 2 fully saturated rings. The first-order valence-electron chi connectivity index (χ1n) is 9.83. The normalized spacial score (nSPS) is 28.5. The Balaban J connectivity index is 1.93. The molecule has 0 unspecified atom stereocenters. The zero-order valence-electron chi connectivity index (χ0n) is 18.2. The van der Waals surface area contributed by atoms with Gasteiger partial charge in [0.15, 0.2) is 12.1 Å². The third kappa shape index (κ3) is 6.79. The number of rotatable bonds is 8. The van der Waals surface area contributed by atoms with Gasteiger partial charge in [-0.3, -0.25) is 9.59 Å². The van der Waals surface area contributed by atoms with Crippen LogP contribution in [-0.2, 0) is 33.3 Å². The van der Waals surface area contributed by atoms with Crippen LogP contribution in [0.1, 0.15) is 47.5 Å². The second-order valence-corrected chi connectivity index (χ2v) is 8.72. The lowest BCUT2D eigenvalue weighted by atomic mass is 10.0. The quantitative estimate of drug-likeness (QED) is 0.506. The zero-order chi connectivity index (χ0) is 22.7. The predicted molar refractivity (Wildman–Crippen MR) is 103 cm³/mol. The highest BCUT2D eigenvalue weighted by molar-refractivity contribution is 5.78. The Kier molecular flexibility index (Phi) is 7.67. The van der Waals surface area contributed by atoms with Crippen molar-refractivity contribution in [3.63, 3.8) is 0 Å². The number of nitrogens with one attached hydrogen (secondary N) is 2. The summed E-state index contributed by atoms with van der Waals surface area (Å²) in [4.78, 5) is 35.3. The van der Waals surface area contributed by atoms with E-state index in [9.17, 15) is 19.5 Å². The van der Waals surface area contributed by atoms with E-state index < -0.39 is 60.0 Å². The number of carboxylic acid groups (broad SMARTS) is 1. The highest BCUT2D eigenvalue weighted by Crippen LogP contribution is 2.39. The van der Waals surface area contributed by atoms with E-state index in [4.69, 9.17) is 23.7 Å². The van der Waals surface area contributed by atoms with Crippen molar-refractivity contribution in [3.05, 3.63) is 0 Å². The number of hydrogen-bond acceptors (Lipinski definition) is 8. The van der Waals surface area contributed by atoms with Gasteiger partial charge in [0, 0.05) is 20.1 Å². The van der Waals surface area contributed by atoms with E-state index in [0.717, 1.165) is 0 Å². The Morgan fingerprint density at radius 3 is 2.43 bits per heavy atom. The minimum absolute atomic E-state index is 0.0332. The fourth-order valence-corrected chi connectivity index (χ4v) is 3.40. The Morgan fingerprint density at radius 1 is 1.20 bits per heavy atom. The zero-order valence-corrected chi connectivity index (χ0v) is 18.2. The van der Waals surface area contributed by atoms with E-state index in [1.807, 2.05) is 0 Å². The SMILES string of the molecule is CO[C@@H]1[C@H]2OC(C)(C)O[C@H]2O[C@@H]1[C@H](CC(=O)O)NC(=O)CCNC(=O)OC(C)(C)C. The molecule has 5 atom stereocenters. The number of alkyl carbamates (subject to hydrolysis) is 1. The van der Waals surface area contributed by atoms with Crippen LogP contribution in [-0.4, -0.2) is 78.8 Å². The molecule has 2 amide bonds. The molecule has 3 N–H and O–H groups in total. The van der Waals surface area contributed by atoms with E-state index >= 15 is 0 Å².